The predicted molar refractivity (Wildman–Crippen MR) is 97.1 cm³/mol. The van der Waals surface area contributed by atoms with Crippen LogP contribution in [0.4, 0.5) is 0 Å². The van der Waals surface area contributed by atoms with Crippen molar-refractivity contribution in [3.05, 3.63) is 44.9 Å². The Balaban J connectivity index is 1.87. The first kappa shape index (κ1) is 17.1. The van der Waals surface area contributed by atoms with Crippen molar-refractivity contribution in [2.75, 3.05) is 6.54 Å². The molecule has 128 valence electrons. The third-order valence-corrected chi connectivity index (χ3v) is 5.84. The molecule has 2 aromatic rings. The Bertz CT molecular complexity index is 761. The van der Waals surface area contributed by atoms with E-state index in [-0.39, 0.29) is 17.6 Å². The Morgan fingerprint density at radius 3 is 2.71 bits per heavy atom. The highest BCUT2D eigenvalue weighted by Crippen LogP contribution is 2.35. The second-order valence-electron chi connectivity index (χ2n) is 6.67. The van der Waals surface area contributed by atoms with Crippen LogP contribution in [-0.4, -0.2) is 34.0 Å². The Kier molecular flexibility index (Phi) is 4.74. The van der Waals surface area contributed by atoms with Crippen LogP contribution in [0, 0.1) is 13.8 Å². The van der Waals surface area contributed by atoms with E-state index in [2.05, 4.69) is 26.7 Å². The summed E-state index contributed by atoms with van der Waals surface area (Å²) in [5, 5.41) is 4.27. The highest BCUT2D eigenvalue weighted by Gasteiger charge is 2.35. The Morgan fingerprint density at radius 2 is 2.12 bits per heavy atom. The molecule has 3 heterocycles. The Labute approximate surface area is 146 Å². The number of ketones is 2. The SMILES string of the molecule is CC(=O)c1c(C)[nH]c(C(=O)[C@@H](C)N2CCC[C@@H]2c2ccsc2)c1C. The fourth-order valence-corrected chi connectivity index (χ4v) is 4.67. The number of nitrogens with one attached hydrogen (secondary N) is 1. The summed E-state index contributed by atoms with van der Waals surface area (Å²) in [7, 11) is 0. The molecular weight excluding hydrogens is 320 g/mol. The monoisotopic (exact) mass is 344 g/mol. The van der Waals surface area contributed by atoms with Gasteiger partial charge in [0.25, 0.3) is 0 Å². The van der Waals surface area contributed by atoms with E-state index >= 15 is 0 Å². The highest BCUT2D eigenvalue weighted by atomic mass is 32.1. The number of thiophene rings is 1. The maximum Gasteiger partial charge on any atom is 0.196 e. The molecule has 1 fully saturated rings. The van der Waals surface area contributed by atoms with E-state index < -0.39 is 0 Å². The van der Waals surface area contributed by atoms with Crippen LogP contribution in [0.3, 0.4) is 0 Å². The van der Waals surface area contributed by atoms with Gasteiger partial charge in [-0.3, -0.25) is 14.5 Å². The van der Waals surface area contributed by atoms with E-state index in [1.807, 2.05) is 20.8 Å². The molecule has 0 aromatic carbocycles. The standard InChI is InChI=1S/C19H24N2O2S/c1-11-17(14(4)22)12(2)20-18(11)19(23)13(3)21-8-5-6-16(21)15-7-9-24-10-15/h7,9-10,13,16,20H,5-6,8H2,1-4H3/t13-,16-/m1/s1. The van der Waals surface area contributed by atoms with Gasteiger partial charge in [0.1, 0.15) is 0 Å². The molecular formula is C19H24N2O2S. The van der Waals surface area contributed by atoms with Crippen LogP contribution in [0.5, 0.6) is 0 Å². The quantitative estimate of drug-likeness (QED) is 0.823. The fourth-order valence-electron chi connectivity index (χ4n) is 3.96. The van der Waals surface area contributed by atoms with Crippen molar-refractivity contribution in [3.8, 4) is 0 Å². The van der Waals surface area contributed by atoms with Gasteiger partial charge in [0.2, 0.25) is 0 Å². The van der Waals surface area contributed by atoms with Crippen LogP contribution >= 0.6 is 11.3 Å². The predicted octanol–water partition coefficient (Wildman–Crippen LogP) is 4.30. The average Bonchev–Trinajstić information content (AvgIpc) is 3.24. The number of aryl methyl sites for hydroxylation is 1. The van der Waals surface area contributed by atoms with Gasteiger partial charge >= 0.3 is 0 Å². The number of rotatable bonds is 5. The molecule has 0 saturated carbocycles. The lowest BCUT2D eigenvalue weighted by molar-refractivity contribution is 0.0815. The number of likely N-dealkylation sites (tertiary alicyclic amines) is 1. The van der Waals surface area contributed by atoms with Crippen molar-refractivity contribution >= 4 is 22.9 Å². The van der Waals surface area contributed by atoms with Gasteiger partial charge in [-0.2, -0.15) is 11.3 Å². The van der Waals surface area contributed by atoms with Crippen LogP contribution in [0.1, 0.15) is 70.4 Å². The number of carbonyl (C=O) groups excluding carboxylic acids is 2. The topological polar surface area (TPSA) is 53.2 Å². The molecule has 5 heteroatoms. The maximum absolute atomic E-state index is 13.1. The lowest BCUT2D eigenvalue weighted by atomic mass is 10.0. The molecule has 1 N–H and O–H groups in total. The van der Waals surface area contributed by atoms with Gasteiger partial charge < -0.3 is 4.98 Å². The fraction of sp³-hybridized carbons (Fsp3) is 0.474. The summed E-state index contributed by atoms with van der Waals surface area (Å²) >= 11 is 1.70. The van der Waals surface area contributed by atoms with Crippen LogP contribution < -0.4 is 0 Å². The maximum atomic E-state index is 13.1. The summed E-state index contributed by atoms with van der Waals surface area (Å²) in [6.45, 7) is 8.19. The van der Waals surface area contributed by atoms with Gasteiger partial charge in [0, 0.05) is 17.3 Å². The molecule has 0 bridgehead atoms. The number of Topliss-reactive ketones (excluding diaryl/α,β-unsaturated/α-hetero) is 2. The number of H-pyrrole nitrogens is 1. The number of aromatic nitrogens is 1. The largest absolute Gasteiger partial charge is 0.355 e. The number of carbonyl (C=O) groups is 2. The number of nitrogens with zero attached hydrogens (tertiary/aromatic N) is 1. The second-order valence-corrected chi connectivity index (χ2v) is 7.45. The van der Waals surface area contributed by atoms with E-state index in [1.54, 1.807) is 18.3 Å². The molecule has 0 amide bonds. The molecule has 0 unspecified atom stereocenters. The molecule has 4 nitrogen and oxygen atoms in total. The van der Waals surface area contributed by atoms with E-state index in [1.165, 1.54) is 5.56 Å². The molecule has 2 aromatic heterocycles. The molecule has 1 aliphatic rings. The van der Waals surface area contributed by atoms with E-state index in [0.29, 0.717) is 17.3 Å². The van der Waals surface area contributed by atoms with Gasteiger partial charge in [0.05, 0.1) is 11.7 Å². The van der Waals surface area contributed by atoms with Crippen molar-refractivity contribution in [2.24, 2.45) is 0 Å². The first-order chi connectivity index (χ1) is 11.4. The minimum absolute atomic E-state index is 0.00488. The summed E-state index contributed by atoms with van der Waals surface area (Å²) < 4.78 is 0. The number of hydrogen-bond acceptors (Lipinski definition) is 4. The molecule has 0 aliphatic carbocycles. The van der Waals surface area contributed by atoms with Gasteiger partial charge in [-0.15, -0.1) is 0 Å². The van der Waals surface area contributed by atoms with Gasteiger partial charge in [-0.05, 0) is 75.0 Å². The lowest BCUT2D eigenvalue weighted by Gasteiger charge is -2.29. The zero-order valence-corrected chi connectivity index (χ0v) is 15.5. The Morgan fingerprint density at radius 1 is 1.38 bits per heavy atom. The third-order valence-electron chi connectivity index (χ3n) is 5.14. The molecule has 1 aliphatic heterocycles. The van der Waals surface area contributed by atoms with Gasteiger partial charge in [0.15, 0.2) is 11.6 Å². The van der Waals surface area contributed by atoms with Crippen LogP contribution in [0.25, 0.3) is 0 Å². The minimum Gasteiger partial charge on any atom is -0.355 e. The molecule has 2 atom stereocenters. The highest BCUT2D eigenvalue weighted by molar-refractivity contribution is 7.07. The van der Waals surface area contributed by atoms with Gasteiger partial charge in [-0.1, -0.05) is 0 Å². The molecule has 0 radical (unpaired) electrons. The molecule has 3 rings (SSSR count). The second kappa shape index (κ2) is 6.65. The van der Waals surface area contributed by atoms with Gasteiger partial charge in [-0.25, -0.2) is 0 Å². The van der Waals surface area contributed by atoms with Crippen molar-refractivity contribution in [1.29, 1.82) is 0 Å². The lowest BCUT2D eigenvalue weighted by Crippen LogP contribution is -2.38. The van der Waals surface area contributed by atoms with E-state index in [0.717, 1.165) is 30.6 Å². The molecule has 24 heavy (non-hydrogen) atoms. The van der Waals surface area contributed by atoms with Crippen LogP contribution in [0.2, 0.25) is 0 Å². The smallest absolute Gasteiger partial charge is 0.196 e. The average molecular weight is 344 g/mol. The number of hydrogen-bond donors (Lipinski definition) is 1. The van der Waals surface area contributed by atoms with Crippen molar-refractivity contribution in [2.45, 2.75) is 52.6 Å². The zero-order valence-electron chi connectivity index (χ0n) is 14.7. The zero-order chi connectivity index (χ0) is 17.4. The number of aromatic amines is 1. The molecule has 1 saturated heterocycles. The van der Waals surface area contributed by atoms with Crippen LogP contribution in [-0.2, 0) is 0 Å². The van der Waals surface area contributed by atoms with Crippen LogP contribution in [0.15, 0.2) is 16.8 Å². The van der Waals surface area contributed by atoms with Crippen molar-refractivity contribution < 1.29 is 9.59 Å². The summed E-state index contributed by atoms with van der Waals surface area (Å²) in [5.74, 6) is 0.0792. The summed E-state index contributed by atoms with van der Waals surface area (Å²) in [6.07, 6.45) is 2.20. The normalized spacial score (nSPS) is 19.6. The van der Waals surface area contributed by atoms with Crippen molar-refractivity contribution in [3.63, 3.8) is 0 Å². The summed E-state index contributed by atoms with van der Waals surface area (Å²) in [4.78, 5) is 30.3. The first-order valence-corrected chi connectivity index (χ1v) is 9.38. The minimum atomic E-state index is -0.200. The van der Waals surface area contributed by atoms with E-state index in [4.69, 9.17) is 0 Å². The Hall–Kier alpha value is -1.72. The summed E-state index contributed by atoms with van der Waals surface area (Å²) in [5.41, 5.74) is 4.11. The third kappa shape index (κ3) is 2.87. The van der Waals surface area contributed by atoms with E-state index in [9.17, 15) is 9.59 Å². The molecule has 0 spiro atoms. The first-order valence-electron chi connectivity index (χ1n) is 8.44. The summed E-state index contributed by atoms with van der Waals surface area (Å²) in [6, 6.07) is 2.27. The van der Waals surface area contributed by atoms with Crippen molar-refractivity contribution in [1.82, 2.24) is 9.88 Å².